The van der Waals surface area contributed by atoms with E-state index in [0.29, 0.717) is 12.5 Å². The van der Waals surface area contributed by atoms with Gasteiger partial charge in [-0.15, -0.1) is 0 Å². The van der Waals surface area contributed by atoms with Crippen molar-refractivity contribution >= 4 is 5.97 Å². The zero-order valence-corrected chi connectivity index (χ0v) is 12.0. The standard InChI is InChI=1S/C17H19NO3/c1-2-18(12-14-7-4-3-5-8-14)13-21-16-10-6-9-15(11-16)17(19)20/h3-11H,2,12-13H2,1H3,(H,19,20). The molecule has 21 heavy (non-hydrogen) atoms. The van der Waals surface area contributed by atoms with E-state index in [1.165, 1.54) is 5.56 Å². The number of aromatic carboxylic acids is 1. The Hall–Kier alpha value is -2.33. The molecule has 0 aliphatic heterocycles. The Morgan fingerprint density at radius 2 is 1.90 bits per heavy atom. The first kappa shape index (κ1) is 15.1. The van der Waals surface area contributed by atoms with Crippen molar-refractivity contribution in [2.24, 2.45) is 0 Å². The maximum Gasteiger partial charge on any atom is 0.335 e. The minimum atomic E-state index is -0.947. The van der Waals surface area contributed by atoms with Crippen molar-refractivity contribution in [2.45, 2.75) is 13.5 Å². The monoisotopic (exact) mass is 285 g/mol. The number of ether oxygens (including phenoxy) is 1. The fraction of sp³-hybridized carbons (Fsp3) is 0.235. The van der Waals surface area contributed by atoms with E-state index in [1.54, 1.807) is 24.3 Å². The van der Waals surface area contributed by atoms with Crippen molar-refractivity contribution in [3.63, 3.8) is 0 Å². The molecule has 4 heteroatoms. The van der Waals surface area contributed by atoms with Crippen LogP contribution in [0.4, 0.5) is 0 Å². The normalized spacial score (nSPS) is 10.6. The van der Waals surface area contributed by atoms with Crippen LogP contribution in [-0.2, 0) is 6.54 Å². The van der Waals surface area contributed by atoms with Crippen LogP contribution in [0.1, 0.15) is 22.8 Å². The minimum Gasteiger partial charge on any atom is -0.478 e. The van der Waals surface area contributed by atoms with E-state index < -0.39 is 5.97 Å². The molecule has 0 atom stereocenters. The van der Waals surface area contributed by atoms with E-state index in [0.717, 1.165) is 13.1 Å². The van der Waals surface area contributed by atoms with Crippen molar-refractivity contribution in [1.82, 2.24) is 4.90 Å². The van der Waals surface area contributed by atoms with Gasteiger partial charge >= 0.3 is 5.97 Å². The number of nitrogens with zero attached hydrogens (tertiary/aromatic N) is 1. The number of carboxylic acids is 1. The third kappa shape index (κ3) is 4.61. The number of hydrogen-bond donors (Lipinski definition) is 1. The smallest absolute Gasteiger partial charge is 0.335 e. The van der Waals surface area contributed by atoms with E-state index in [4.69, 9.17) is 9.84 Å². The molecule has 0 aromatic heterocycles. The molecule has 0 amide bonds. The van der Waals surface area contributed by atoms with Gasteiger partial charge in [0.1, 0.15) is 12.5 Å². The number of rotatable bonds is 7. The van der Waals surface area contributed by atoms with Crippen molar-refractivity contribution < 1.29 is 14.6 Å². The highest BCUT2D eigenvalue weighted by Crippen LogP contribution is 2.14. The van der Waals surface area contributed by atoms with Crippen LogP contribution in [0, 0.1) is 0 Å². The van der Waals surface area contributed by atoms with Crippen LogP contribution in [-0.4, -0.2) is 29.3 Å². The lowest BCUT2D eigenvalue weighted by molar-refractivity contribution is 0.0695. The van der Waals surface area contributed by atoms with E-state index in [1.807, 2.05) is 18.2 Å². The molecule has 0 saturated heterocycles. The summed E-state index contributed by atoms with van der Waals surface area (Å²) in [5.74, 6) is -0.376. The maximum absolute atomic E-state index is 10.9. The highest BCUT2D eigenvalue weighted by molar-refractivity contribution is 5.87. The van der Waals surface area contributed by atoms with Crippen LogP contribution in [0.3, 0.4) is 0 Å². The van der Waals surface area contributed by atoms with Gasteiger partial charge < -0.3 is 9.84 Å². The second kappa shape index (κ2) is 7.45. The molecule has 0 saturated carbocycles. The summed E-state index contributed by atoms with van der Waals surface area (Å²) in [6.45, 7) is 4.15. The molecular formula is C17H19NO3. The average molecular weight is 285 g/mol. The summed E-state index contributed by atoms with van der Waals surface area (Å²) in [6, 6.07) is 16.7. The summed E-state index contributed by atoms with van der Waals surface area (Å²) in [5, 5.41) is 8.96. The van der Waals surface area contributed by atoms with Gasteiger partial charge in [-0.05, 0) is 30.3 Å². The molecule has 0 unspecified atom stereocenters. The Kier molecular flexibility index (Phi) is 5.35. The number of hydrogen-bond acceptors (Lipinski definition) is 3. The zero-order chi connectivity index (χ0) is 15.1. The molecule has 0 fully saturated rings. The van der Waals surface area contributed by atoms with Gasteiger partial charge in [0.25, 0.3) is 0 Å². The first-order valence-corrected chi connectivity index (χ1v) is 6.91. The maximum atomic E-state index is 10.9. The third-order valence-corrected chi connectivity index (χ3v) is 3.19. The molecular weight excluding hydrogens is 266 g/mol. The lowest BCUT2D eigenvalue weighted by Crippen LogP contribution is -2.27. The topological polar surface area (TPSA) is 49.8 Å². The quantitative estimate of drug-likeness (QED) is 0.793. The predicted octanol–water partition coefficient (Wildman–Crippen LogP) is 3.24. The summed E-state index contributed by atoms with van der Waals surface area (Å²) >= 11 is 0. The van der Waals surface area contributed by atoms with Crippen LogP contribution in [0.5, 0.6) is 5.75 Å². The third-order valence-electron chi connectivity index (χ3n) is 3.19. The molecule has 0 radical (unpaired) electrons. The highest BCUT2D eigenvalue weighted by Gasteiger charge is 2.07. The Morgan fingerprint density at radius 3 is 2.57 bits per heavy atom. The summed E-state index contributed by atoms with van der Waals surface area (Å²) in [7, 11) is 0. The summed E-state index contributed by atoms with van der Waals surface area (Å²) < 4.78 is 5.68. The summed E-state index contributed by atoms with van der Waals surface area (Å²) in [4.78, 5) is 13.1. The van der Waals surface area contributed by atoms with Gasteiger partial charge in [-0.2, -0.15) is 0 Å². The average Bonchev–Trinajstić information content (AvgIpc) is 2.52. The Bertz CT molecular complexity index is 584. The molecule has 0 aliphatic rings. The summed E-state index contributed by atoms with van der Waals surface area (Å²) in [5.41, 5.74) is 1.46. The van der Waals surface area contributed by atoms with E-state index >= 15 is 0 Å². The fourth-order valence-electron chi connectivity index (χ4n) is 1.98. The van der Waals surface area contributed by atoms with Gasteiger partial charge in [0.2, 0.25) is 0 Å². The number of carboxylic acid groups (broad SMARTS) is 1. The molecule has 0 bridgehead atoms. The van der Waals surface area contributed by atoms with Gasteiger partial charge in [0, 0.05) is 6.54 Å². The first-order valence-electron chi connectivity index (χ1n) is 6.91. The molecule has 2 rings (SSSR count). The molecule has 0 aliphatic carbocycles. The van der Waals surface area contributed by atoms with Crippen molar-refractivity contribution in [3.05, 3.63) is 65.7 Å². The first-order chi connectivity index (χ1) is 10.2. The van der Waals surface area contributed by atoms with Crippen LogP contribution in [0.25, 0.3) is 0 Å². The van der Waals surface area contributed by atoms with E-state index in [-0.39, 0.29) is 5.56 Å². The Morgan fingerprint density at radius 1 is 1.14 bits per heavy atom. The SMILES string of the molecule is CCN(COc1cccc(C(=O)O)c1)Cc1ccccc1. The second-order valence-corrected chi connectivity index (χ2v) is 4.74. The van der Waals surface area contributed by atoms with Gasteiger partial charge in [-0.1, -0.05) is 43.3 Å². The van der Waals surface area contributed by atoms with Crippen LogP contribution < -0.4 is 4.74 Å². The molecule has 110 valence electrons. The highest BCUT2D eigenvalue weighted by atomic mass is 16.5. The lowest BCUT2D eigenvalue weighted by Gasteiger charge is -2.21. The predicted molar refractivity (Wildman–Crippen MR) is 81.4 cm³/mol. The van der Waals surface area contributed by atoms with Crippen LogP contribution >= 0.6 is 0 Å². The van der Waals surface area contributed by atoms with E-state index in [9.17, 15) is 4.79 Å². The Labute approximate surface area is 124 Å². The van der Waals surface area contributed by atoms with Crippen molar-refractivity contribution in [2.75, 3.05) is 13.3 Å². The van der Waals surface area contributed by atoms with E-state index in [2.05, 4.69) is 24.0 Å². The molecule has 0 heterocycles. The molecule has 2 aromatic rings. The van der Waals surface area contributed by atoms with Crippen LogP contribution in [0.2, 0.25) is 0 Å². The van der Waals surface area contributed by atoms with Crippen molar-refractivity contribution in [1.29, 1.82) is 0 Å². The zero-order valence-electron chi connectivity index (χ0n) is 12.0. The molecule has 2 aromatic carbocycles. The molecule has 4 nitrogen and oxygen atoms in total. The second-order valence-electron chi connectivity index (χ2n) is 4.74. The van der Waals surface area contributed by atoms with Crippen molar-refractivity contribution in [3.8, 4) is 5.75 Å². The van der Waals surface area contributed by atoms with Gasteiger partial charge in [-0.3, -0.25) is 4.90 Å². The van der Waals surface area contributed by atoms with Gasteiger partial charge in [0.05, 0.1) is 5.56 Å². The fourth-order valence-corrected chi connectivity index (χ4v) is 1.98. The Balaban J connectivity index is 1.94. The number of benzene rings is 2. The largest absolute Gasteiger partial charge is 0.478 e. The van der Waals surface area contributed by atoms with Gasteiger partial charge in [-0.25, -0.2) is 4.79 Å². The van der Waals surface area contributed by atoms with Gasteiger partial charge in [0.15, 0.2) is 0 Å². The molecule has 1 N–H and O–H groups in total. The lowest BCUT2D eigenvalue weighted by atomic mass is 10.2. The van der Waals surface area contributed by atoms with Crippen LogP contribution in [0.15, 0.2) is 54.6 Å². The molecule has 0 spiro atoms. The minimum absolute atomic E-state index is 0.235. The number of carbonyl (C=O) groups is 1. The summed E-state index contributed by atoms with van der Waals surface area (Å²) in [6.07, 6.45) is 0.